The summed E-state index contributed by atoms with van der Waals surface area (Å²) >= 11 is 0. The molecule has 2 aromatic carbocycles. The van der Waals surface area contributed by atoms with Crippen LogP contribution in [-0.4, -0.2) is 43.6 Å². The smallest absolute Gasteiger partial charge is 0.254 e. The maximum Gasteiger partial charge on any atom is 0.254 e. The predicted molar refractivity (Wildman–Crippen MR) is 97.1 cm³/mol. The van der Waals surface area contributed by atoms with Crippen molar-refractivity contribution in [2.24, 2.45) is 0 Å². The lowest BCUT2D eigenvalue weighted by Gasteiger charge is -2.32. The fourth-order valence-electron chi connectivity index (χ4n) is 3.72. The highest BCUT2D eigenvalue weighted by molar-refractivity contribution is 5.94. The van der Waals surface area contributed by atoms with E-state index in [1.54, 1.807) is 4.90 Å². The molecule has 0 spiro atoms. The highest BCUT2D eigenvalue weighted by Gasteiger charge is 2.25. The average molecular weight is 337 g/mol. The Hall–Kier alpha value is -2.33. The Morgan fingerprint density at radius 2 is 1.88 bits per heavy atom. The number of hydrogen-bond acceptors (Lipinski definition) is 2. The molecule has 4 rings (SSSR count). The van der Waals surface area contributed by atoms with Crippen LogP contribution in [-0.2, 0) is 13.0 Å². The molecule has 1 saturated heterocycles. The Kier molecular flexibility index (Phi) is 4.45. The van der Waals surface area contributed by atoms with Crippen LogP contribution in [0, 0.1) is 6.92 Å². The van der Waals surface area contributed by atoms with Gasteiger partial charge in [0, 0.05) is 17.5 Å². The number of piperazine rings is 1. The number of quaternary nitrogens is 1. The molecule has 2 aliphatic rings. The first kappa shape index (κ1) is 16.2. The van der Waals surface area contributed by atoms with Crippen molar-refractivity contribution in [2.45, 2.75) is 19.9 Å². The zero-order valence-electron chi connectivity index (χ0n) is 14.8. The number of aryl methyl sites for hydroxylation is 1. The normalized spacial score (nSPS) is 17.2. The van der Waals surface area contributed by atoms with Crippen LogP contribution in [0.5, 0.6) is 5.75 Å². The molecule has 4 nitrogen and oxygen atoms in total. The summed E-state index contributed by atoms with van der Waals surface area (Å²) in [5, 5.41) is 0. The van der Waals surface area contributed by atoms with Crippen molar-refractivity contribution in [2.75, 3.05) is 32.8 Å². The Labute approximate surface area is 149 Å². The number of ether oxygens (including phenoxy) is 1. The molecule has 0 saturated carbocycles. The lowest BCUT2D eigenvalue weighted by Crippen LogP contribution is -3.13. The van der Waals surface area contributed by atoms with Gasteiger partial charge in [0.25, 0.3) is 5.91 Å². The first-order valence-electron chi connectivity index (χ1n) is 9.13. The van der Waals surface area contributed by atoms with E-state index in [1.807, 2.05) is 36.1 Å². The Balaban J connectivity index is 1.33. The van der Waals surface area contributed by atoms with Crippen LogP contribution in [0.25, 0.3) is 0 Å². The summed E-state index contributed by atoms with van der Waals surface area (Å²) in [5.74, 6) is 1.21. The number of nitrogens with zero attached hydrogens (tertiary/aromatic N) is 1. The van der Waals surface area contributed by atoms with Gasteiger partial charge in [-0.2, -0.15) is 0 Å². The first-order chi connectivity index (χ1) is 12.2. The quantitative estimate of drug-likeness (QED) is 0.920. The number of rotatable bonds is 3. The molecule has 0 bridgehead atoms. The van der Waals surface area contributed by atoms with Gasteiger partial charge in [-0.05, 0) is 42.8 Å². The highest BCUT2D eigenvalue weighted by atomic mass is 16.5. The molecule has 1 fully saturated rings. The number of carbonyl (C=O) groups excluding carboxylic acids is 1. The third kappa shape index (κ3) is 3.54. The molecule has 0 aliphatic carbocycles. The lowest BCUT2D eigenvalue weighted by molar-refractivity contribution is -0.917. The fourth-order valence-corrected chi connectivity index (χ4v) is 3.72. The molecule has 2 aromatic rings. The molecular formula is C21H25N2O2+. The van der Waals surface area contributed by atoms with Crippen LogP contribution in [0.15, 0.2) is 42.5 Å². The summed E-state index contributed by atoms with van der Waals surface area (Å²) < 4.78 is 5.58. The van der Waals surface area contributed by atoms with Crippen LogP contribution < -0.4 is 9.64 Å². The van der Waals surface area contributed by atoms with Gasteiger partial charge in [-0.25, -0.2) is 0 Å². The molecule has 2 aliphatic heterocycles. The topological polar surface area (TPSA) is 34.0 Å². The van der Waals surface area contributed by atoms with Gasteiger partial charge in [0.1, 0.15) is 12.3 Å². The molecule has 1 amide bonds. The maximum atomic E-state index is 12.6. The molecular weight excluding hydrogens is 312 g/mol. The minimum absolute atomic E-state index is 0.161. The molecule has 0 radical (unpaired) electrons. The van der Waals surface area contributed by atoms with E-state index in [2.05, 4.69) is 18.2 Å². The van der Waals surface area contributed by atoms with Crippen molar-refractivity contribution < 1.29 is 14.4 Å². The molecule has 130 valence electrons. The summed E-state index contributed by atoms with van der Waals surface area (Å²) in [7, 11) is 0. The van der Waals surface area contributed by atoms with Crippen LogP contribution in [0.4, 0.5) is 0 Å². The molecule has 2 heterocycles. The average Bonchev–Trinajstić information content (AvgIpc) is 3.10. The predicted octanol–water partition coefficient (Wildman–Crippen LogP) is 1.47. The number of fused-ring (bicyclic) bond motifs is 1. The summed E-state index contributed by atoms with van der Waals surface area (Å²) in [4.78, 5) is 16.1. The van der Waals surface area contributed by atoms with Crippen LogP contribution in [0.2, 0.25) is 0 Å². The fraction of sp³-hybridized carbons (Fsp3) is 0.381. The van der Waals surface area contributed by atoms with Gasteiger partial charge in [-0.1, -0.05) is 17.7 Å². The summed E-state index contributed by atoms with van der Waals surface area (Å²) in [6, 6.07) is 14.5. The van der Waals surface area contributed by atoms with E-state index in [9.17, 15) is 4.79 Å². The van der Waals surface area contributed by atoms with Gasteiger partial charge in [0.05, 0.1) is 32.8 Å². The second-order valence-electron chi connectivity index (χ2n) is 7.13. The van der Waals surface area contributed by atoms with Crippen LogP contribution >= 0.6 is 0 Å². The van der Waals surface area contributed by atoms with E-state index >= 15 is 0 Å². The van der Waals surface area contributed by atoms with Crippen molar-refractivity contribution in [1.82, 2.24) is 4.90 Å². The summed E-state index contributed by atoms with van der Waals surface area (Å²) in [6.45, 7) is 7.55. The number of hydrogen-bond donors (Lipinski definition) is 1. The standard InChI is InChI=1S/C21H24N2O2/c1-16-2-5-18(6-3-16)21(24)23-11-9-22(10-12-23)15-17-4-7-20-19(14-17)8-13-25-20/h2-7,14H,8-13,15H2,1H3/p+1. The molecule has 25 heavy (non-hydrogen) atoms. The van der Waals surface area contributed by atoms with Crippen molar-refractivity contribution >= 4 is 5.91 Å². The summed E-state index contributed by atoms with van der Waals surface area (Å²) in [6.07, 6.45) is 1.03. The summed E-state index contributed by atoms with van der Waals surface area (Å²) in [5.41, 5.74) is 4.70. The van der Waals surface area contributed by atoms with E-state index in [1.165, 1.54) is 16.7 Å². The zero-order chi connectivity index (χ0) is 17.2. The Morgan fingerprint density at radius 3 is 2.64 bits per heavy atom. The second-order valence-corrected chi connectivity index (χ2v) is 7.13. The SMILES string of the molecule is Cc1ccc(C(=O)N2CC[NH+](Cc3ccc4c(c3)CCO4)CC2)cc1. The number of nitrogens with one attached hydrogen (secondary N) is 1. The van der Waals surface area contributed by atoms with Gasteiger partial charge in [0.15, 0.2) is 0 Å². The van der Waals surface area contributed by atoms with E-state index in [0.717, 1.165) is 57.1 Å². The van der Waals surface area contributed by atoms with E-state index in [-0.39, 0.29) is 5.91 Å². The van der Waals surface area contributed by atoms with Gasteiger partial charge in [-0.15, -0.1) is 0 Å². The lowest BCUT2D eigenvalue weighted by atomic mass is 10.1. The monoisotopic (exact) mass is 337 g/mol. The second kappa shape index (κ2) is 6.89. The van der Waals surface area contributed by atoms with Crippen molar-refractivity contribution in [1.29, 1.82) is 0 Å². The van der Waals surface area contributed by atoms with Gasteiger partial charge in [0.2, 0.25) is 0 Å². The van der Waals surface area contributed by atoms with Gasteiger partial charge < -0.3 is 14.5 Å². The third-order valence-corrected chi connectivity index (χ3v) is 5.26. The van der Waals surface area contributed by atoms with Crippen molar-refractivity contribution in [3.05, 3.63) is 64.7 Å². The first-order valence-corrected chi connectivity index (χ1v) is 9.13. The molecule has 0 atom stereocenters. The third-order valence-electron chi connectivity index (χ3n) is 5.26. The van der Waals surface area contributed by atoms with E-state index in [4.69, 9.17) is 4.74 Å². The van der Waals surface area contributed by atoms with E-state index in [0.29, 0.717) is 0 Å². The Morgan fingerprint density at radius 1 is 1.12 bits per heavy atom. The van der Waals surface area contributed by atoms with Crippen molar-refractivity contribution in [3.63, 3.8) is 0 Å². The van der Waals surface area contributed by atoms with Crippen LogP contribution in [0.3, 0.4) is 0 Å². The highest BCUT2D eigenvalue weighted by Crippen LogP contribution is 2.25. The molecule has 4 heteroatoms. The number of amides is 1. The molecule has 1 N–H and O–H groups in total. The van der Waals surface area contributed by atoms with Gasteiger partial charge in [-0.3, -0.25) is 4.79 Å². The molecule has 0 aromatic heterocycles. The van der Waals surface area contributed by atoms with Crippen LogP contribution in [0.1, 0.15) is 27.0 Å². The Bertz CT molecular complexity index is 762. The minimum Gasteiger partial charge on any atom is -0.493 e. The maximum absolute atomic E-state index is 12.6. The largest absolute Gasteiger partial charge is 0.493 e. The zero-order valence-corrected chi connectivity index (χ0v) is 14.8. The molecule has 0 unspecified atom stereocenters. The minimum atomic E-state index is 0.161. The van der Waals surface area contributed by atoms with Gasteiger partial charge >= 0.3 is 0 Å². The van der Waals surface area contributed by atoms with E-state index < -0.39 is 0 Å². The van der Waals surface area contributed by atoms with Crippen molar-refractivity contribution in [3.8, 4) is 5.75 Å². The number of carbonyl (C=O) groups is 1. The number of benzene rings is 2.